The Morgan fingerprint density at radius 3 is 2.04 bits per heavy atom. The Kier molecular flexibility index (Phi) is 4.92. The number of hydrogen-bond donors (Lipinski definition) is 1. The second kappa shape index (κ2) is 7.47. The number of methoxy groups -OCH3 is 1. The second-order valence-electron chi connectivity index (χ2n) is 5.44. The van der Waals surface area contributed by atoms with Crippen LogP contribution in [0, 0.1) is 21.6 Å². The maximum absolute atomic E-state index is 10.8. The van der Waals surface area contributed by atoms with E-state index in [9.17, 15) is 10.1 Å². The summed E-state index contributed by atoms with van der Waals surface area (Å²) in [5, 5.41) is 20.6. The number of nitriles is 1. The number of nitrogens with zero attached hydrogens (tertiary/aromatic N) is 5. The zero-order chi connectivity index (χ0) is 19.4. The molecule has 1 aromatic heterocycles. The van der Waals surface area contributed by atoms with Gasteiger partial charge in [0.2, 0.25) is 6.19 Å². The minimum Gasteiger partial charge on any atom is -0.497 e. The van der Waals surface area contributed by atoms with E-state index in [0.717, 1.165) is 10.6 Å². The largest absolute Gasteiger partial charge is 0.497 e. The number of ether oxygens (including phenoxy) is 1. The molecule has 0 saturated carbocycles. The van der Waals surface area contributed by atoms with Crippen LogP contribution in [0.4, 0.5) is 11.6 Å². The average Bonchev–Trinajstić information content (AvgIpc) is 2.73. The molecular weight excluding hydrogens is 348 g/mol. The van der Waals surface area contributed by atoms with Gasteiger partial charge in [-0.25, -0.2) is 15.8 Å². The molecule has 9 nitrogen and oxygen atoms in total. The number of nitro benzene ring substituents is 1. The predicted octanol–water partition coefficient (Wildman–Crippen LogP) is 2.89. The minimum absolute atomic E-state index is 0.0131. The van der Waals surface area contributed by atoms with Gasteiger partial charge in [-0.2, -0.15) is 10.3 Å². The van der Waals surface area contributed by atoms with Crippen LogP contribution in [0.5, 0.6) is 5.75 Å². The van der Waals surface area contributed by atoms with Crippen LogP contribution in [0.2, 0.25) is 0 Å². The molecule has 2 aromatic carbocycles. The van der Waals surface area contributed by atoms with Gasteiger partial charge in [0, 0.05) is 23.3 Å². The summed E-state index contributed by atoms with van der Waals surface area (Å²) in [6.07, 6.45) is 1.76. The van der Waals surface area contributed by atoms with Gasteiger partial charge in [-0.05, 0) is 42.5 Å². The lowest BCUT2D eigenvalue weighted by molar-refractivity contribution is -0.384. The second-order valence-corrected chi connectivity index (χ2v) is 5.44. The first kappa shape index (κ1) is 17.8. The number of non-ortho nitro benzene ring substituents is 1. The van der Waals surface area contributed by atoms with Crippen molar-refractivity contribution in [2.75, 3.05) is 12.1 Å². The molecule has 0 saturated heterocycles. The number of benzene rings is 2. The molecule has 0 aliphatic heterocycles. The molecule has 2 N–H and O–H groups in total. The van der Waals surface area contributed by atoms with E-state index in [2.05, 4.69) is 9.97 Å². The van der Waals surface area contributed by atoms with E-state index >= 15 is 0 Å². The van der Waals surface area contributed by atoms with Crippen molar-refractivity contribution in [3.8, 4) is 34.5 Å². The van der Waals surface area contributed by atoms with Crippen molar-refractivity contribution in [2.24, 2.45) is 5.84 Å². The molecule has 0 fully saturated rings. The number of hydrazine groups is 1. The molecule has 0 bridgehead atoms. The Balaban J connectivity index is 2.10. The van der Waals surface area contributed by atoms with E-state index in [1.165, 1.54) is 12.1 Å². The quantitative estimate of drug-likeness (QED) is 0.241. The number of nitro groups is 1. The van der Waals surface area contributed by atoms with Gasteiger partial charge in [-0.3, -0.25) is 10.1 Å². The summed E-state index contributed by atoms with van der Waals surface area (Å²) >= 11 is 0. The van der Waals surface area contributed by atoms with Crippen molar-refractivity contribution >= 4 is 11.6 Å². The smallest absolute Gasteiger partial charge is 0.269 e. The first-order valence-electron chi connectivity index (χ1n) is 7.74. The van der Waals surface area contributed by atoms with Crippen LogP contribution in [-0.4, -0.2) is 22.0 Å². The van der Waals surface area contributed by atoms with Gasteiger partial charge in [0.25, 0.3) is 11.6 Å². The first-order chi connectivity index (χ1) is 13.0. The Morgan fingerprint density at radius 1 is 1.07 bits per heavy atom. The van der Waals surface area contributed by atoms with Crippen LogP contribution in [0.15, 0.2) is 54.6 Å². The monoisotopic (exact) mass is 362 g/mol. The molecular formula is C18H14N6O3. The van der Waals surface area contributed by atoms with Crippen molar-refractivity contribution in [1.82, 2.24) is 9.97 Å². The molecule has 3 aromatic rings. The fourth-order valence-electron chi connectivity index (χ4n) is 2.40. The lowest BCUT2D eigenvalue weighted by atomic mass is 10.1. The van der Waals surface area contributed by atoms with E-state index in [0.29, 0.717) is 22.7 Å². The third-order valence-electron chi connectivity index (χ3n) is 3.80. The number of hydrogen-bond acceptors (Lipinski definition) is 8. The Morgan fingerprint density at radius 2 is 1.59 bits per heavy atom. The van der Waals surface area contributed by atoms with E-state index in [4.69, 9.17) is 15.8 Å². The molecule has 0 unspecified atom stereocenters. The van der Waals surface area contributed by atoms with Gasteiger partial charge in [0.1, 0.15) is 5.75 Å². The summed E-state index contributed by atoms with van der Waals surface area (Å²) in [6.45, 7) is 0. The SMILES string of the molecule is COc1ccc(-c2cc(-c3ccc([N+](=O)[O-])cc3)nc(N(N)C#N)n2)cc1. The summed E-state index contributed by atoms with van der Waals surface area (Å²) in [7, 11) is 1.57. The number of aromatic nitrogens is 2. The highest BCUT2D eigenvalue weighted by atomic mass is 16.6. The molecule has 0 aliphatic rings. The summed E-state index contributed by atoms with van der Waals surface area (Å²) in [6, 6.07) is 14.8. The highest BCUT2D eigenvalue weighted by molar-refractivity contribution is 5.70. The molecule has 0 spiro atoms. The van der Waals surface area contributed by atoms with Gasteiger partial charge in [-0.15, -0.1) is 0 Å². The predicted molar refractivity (Wildman–Crippen MR) is 98.4 cm³/mol. The highest BCUT2D eigenvalue weighted by Crippen LogP contribution is 2.28. The molecule has 0 radical (unpaired) electrons. The summed E-state index contributed by atoms with van der Waals surface area (Å²) in [4.78, 5) is 19.0. The lowest BCUT2D eigenvalue weighted by Crippen LogP contribution is -2.26. The molecule has 9 heteroatoms. The zero-order valence-corrected chi connectivity index (χ0v) is 14.2. The lowest BCUT2D eigenvalue weighted by Gasteiger charge is -2.11. The van der Waals surface area contributed by atoms with Crippen molar-refractivity contribution in [2.45, 2.75) is 0 Å². The third kappa shape index (κ3) is 3.81. The van der Waals surface area contributed by atoms with Crippen molar-refractivity contribution < 1.29 is 9.66 Å². The van der Waals surface area contributed by atoms with E-state index < -0.39 is 4.92 Å². The third-order valence-corrected chi connectivity index (χ3v) is 3.80. The summed E-state index contributed by atoms with van der Waals surface area (Å²) in [5.41, 5.74) is 2.40. The Bertz CT molecular complexity index is 1010. The molecule has 0 atom stereocenters. The molecule has 0 amide bonds. The topological polar surface area (TPSA) is 131 Å². The van der Waals surface area contributed by atoms with Gasteiger partial charge in [0.15, 0.2) is 0 Å². The van der Waals surface area contributed by atoms with E-state index in [1.54, 1.807) is 43.6 Å². The van der Waals surface area contributed by atoms with Crippen LogP contribution >= 0.6 is 0 Å². The van der Waals surface area contributed by atoms with Gasteiger partial charge in [0.05, 0.1) is 23.4 Å². The molecule has 0 aliphatic carbocycles. The number of rotatable bonds is 5. The minimum atomic E-state index is -0.477. The maximum Gasteiger partial charge on any atom is 0.269 e. The fourth-order valence-corrected chi connectivity index (χ4v) is 2.40. The molecule has 1 heterocycles. The fraction of sp³-hybridized carbons (Fsp3) is 0.0556. The Hall–Kier alpha value is -4.03. The highest BCUT2D eigenvalue weighted by Gasteiger charge is 2.13. The molecule has 27 heavy (non-hydrogen) atoms. The van der Waals surface area contributed by atoms with Gasteiger partial charge in [-0.1, -0.05) is 0 Å². The number of nitrogens with two attached hydrogens (primary N) is 1. The van der Waals surface area contributed by atoms with Gasteiger partial charge >= 0.3 is 0 Å². The van der Waals surface area contributed by atoms with Crippen molar-refractivity contribution in [1.29, 1.82) is 5.26 Å². The summed E-state index contributed by atoms with van der Waals surface area (Å²) in [5.74, 6) is 6.34. The van der Waals surface area contributed by atoms with Gasteiger partial charge < -0.3 is 4.74 Å². The average molecular weight is 362 g/mol. The van der Waals surface area contributed by atoms with E-state index in [1.807, 2.05) is 12.1 Å². The Labute approximate surface area is 154 Å². The van der Waals surface area contributed by atoms with Crippen LogP contribution in [0.1, 0.15) is 0 Å². The van der Waals surface area contributed by atoms with E-state index in [-0.39, 0.29) is 11.6 Å². The summed E-state index contributed by atoms with van der Waals surface area (Å²) < 4.78 is 5.15. The molecule has 3 rings (SSSR count). The van der Waals surface area contributed by atoms with Crippen molar-refractivity contribution in [3.63, 3.8) is 0 Å². The maximum atomic E-state index is 10.8. The van der Waals surface area contributed by atoms with Crippen LogP contribution in [-0.2, 0) is 0 Å². The number of anilines is 1. The zero-order valence-electron chi connectivity index (χ0n) is 14.2. The van der Waals surface area contributed by atoms with Crippen LogP contribution in [0.25, 0.3) is 22.5 Å². The first-order valence-corrected chi connectivity index (χ1v) is 7.74. The van der Waals surface area contributed by atoms with Crippen molar-refractivity contribution in [3.05, 3.63) is 64.7 Å². The molecule has 134 valence electrons. The normalized spacial score (nSPS) is 10.1. The van der Waals surface area contributed by atoms with Crippen LogP contribution in [0.3, 0.4) is 0 Å². The standard InChI is InChI=1S/C18H14N6O3/c1-27-15-8-4-13(5-9-15)17-10-16(21-18(22-17)23(20)11-19)12-2-6-14(7-3-12)24(25)26/h2-10H,20H2,1H3. The van der Waals surface area contributed by atoms with Crippen LogP contribution < -0.4 is 15.6 Å².